The number of H-pyrrole nitrogens is 1. The van der Waals surface area contributed by atoms with Gasteiger partial charge >= 0.3 is 5.97 Å². The SMILES string of the molecule is O=C(OCc1cc(-c2ccc(F)cc2F)on1)c1cc(-c2ccc(F)cc2)n[nH]1. The van der Waals surface area contributed by atoms with Crippen LogP contribution in [-0.4, -0.2) is 21.3 Å². The molecule has 0 unspecified atom stereocenters. The normalized spacial score (nSPS) is 10.9. The van der Waals surface area contributed by atoms with Gasteiger partial charge in [-0.15, -0.1) is 0 Å². The zero-order valence-electron chi connectivity index (χ0n) is 14.7. The first-order chi connectivity index (χ1) is 14.0. The Bertz CT molecular complexity index is 1170. The van der Waals surface area contributed by atoms with Crippen molar-refractivity contribution in [3.05, 3.63) is 83.4 Å². The highest BCUT2D eigenvalue weighted by Crippen LogP contribution is 2.24. The van der Waals surface area contributed by atoms with Crippen molar-refractivity contribution >= 4 is 5.97 Å². The molecule has 2 aromatic carbocycles. The number of hydrogen-bond acceptors (Lipinski definition) is 5. The quantitative estimate of drug-likeness (QED) is 0.500. The van der Waals surface area contributed by atoms with Crippen LogP contribution < -0.4 is 0 Å². The van der Waals surface area contributed by atoms with Gasteiger partial charge in [-0.3, -0.25) is 5.10 Å². The molecule has 0 radical (unpaired) electrons. The van der Waals surface area contributed by atoms with Crippen molar-refractivity contribution in [1.82, 2.24) is 15.4 Å². The maximum atomic E-state index is 13.8. The van der Waals surface area contributed by atoms with Gasteiger partial charge in [0.2, 0.25) is 0 Å². The number of hydrogen-bond donors (Lipinski definition) is 1. The summed E-state index contributed by atoms with van der Waals surface area (Å²) in [4.78, 5) is 12.2. The minimum absolute atomic E-state index is 0.0361. The van der Waals surface area contributed by atoms with Gasteiger partial charge in [0.25, 0.3) is 0 Å². The molecule has 4 rings (SSSR count). The van der Waals surface area contributed by atoms with E-state index in [0.29, 0.717) is 11.3 Å². The molecule has 0 saturated heterocycles. The number of carbonyl (C=O) groups excluding carboxylic acids is 1. The molecule has 29 heavy (non-hydrogen) atoms. The van der Waals surface area contributed by atoms with Gasteiger partial charge in [-0.25, -0.2) is 18.0 Å². The van der Waals surface area contributed by atoms with E-state index in [-0.39, 0.29) is 35.1 Å². The third-order valence-corrected chi connectivity index (χ3v) is 4.04. The molecule has 0 atom stereocenters. The molecular weight excluding hydrogens is 387 g/mol. The second kappa shape index (κ2) is 7.63. The van der Waals surface area contributed by atoms with Crippen molar-refractivity contribution in [3.63, 3.8) is 0 Å². The van der Waals surface area contributed by atoms with E-state index in [1.54, 1.807) is 0 Å². The van der Waals surface area contributed by atoms with Crippen LogP contribution in [0.15, 0.2) is 59.1 Å². The number of aromatic amines is 1. The summed E-state index contributed by atoms with van der Waals surface area (Å²) in [5.41, 5.74) is 1.46. The first-order valence-corrected chi connectivity index (χ1v) is 8.39. The molecule has 0 saturated carbocycles. The third kappa shape index (κ3) is 4.03. The number of benzene rings is 2. The lowest BCUT2D eigenvalue weighted by molar-refractivity contribution is 0.0457. The van der Waals surface area contributed by atoms with Crippen LogP contribution in [0.1, 0.15) is 16.2 Å². The van der Waals surface area contributed by atoms with Gasteiger partial charge in [-0.1, -0.05) is 5.16 Å². The first-order valence-electron chi connectivity index (χ1n) is 8.39. The number of halogens is 3. The summed E-state index contributed by atoms with van der Waals surface area (Å²) in [7, 11) is 0. The van der Waals surface area contributed by atoms with Crippen molar-refractivity contribution in [1.29, 1.82) is 0 Å². The molecule has 4 aromatic rings. The molecule has 9 heteroatoms. The lowest BCUT2D eigenvalue weighted by Crippen LogP contribution is -2.05. The van der Waals surface area contributed by atoms with Crippen molar-refractivity contribution < 1.29 is 27.2 Å². The summed E-state index contributed by atoms with van der Waals surface area (Å²) in [6.45, 7) is -0.226. The van der Waals surface area contributed by atoms with Crippen molar-refractivity contribution in [2.24, 2.45) is 0 Å². The van der Waals surface area contributed by atoms with Crippen LogP contribution in [-0.2, 0) is 11.3 Å². The molecule has 2 aromatic heterocycles. The van der Waals surface area contributed by atoms with Crippen LogP contribution in [0.4, 0.5) is 13.2 Å². The van der Waals surface area contributed by atoms with E-state index in [1.165, 1.54) is 42.5 Å². The Morgan fingerprint density at radius 1 is 1.00 bits per heavy atom. The van der Waals surface area contributed by atoms with Crippen LogP contribution >= 0.6 is 0 Å². The fraction of sp³-hybridized carbons (Fsp3) is 0.0500. The highest BCUT2D eigenvalue weighted by molar-refractivity contribution is 5.88. The van der Waals surface area contributed by atoms with Crippen LogP contribution in [0.25, 0.3) is 22.6 Å². The van der Waals surface area contributed by atoms with E-state index in [2.05, 4.69) is 15.4 Å². The monoisotopic (exact) mass is 399 g/mol. The van der Waals surface area contributed by atoms with E-state index in [0.717, 1.165) is 12.1 Å². The maximum Gasteiger partial charge on any atom is 0.356 e. The number of ether oxygens (including phenoxy) is 1. The van der Waals surface area contributed by atoms with Gasteiger partial charge in [0.1, 0.15) is 35.4 Å². The molecule has 2 heterocycles. The first kappa shape index (κ1) is 18.5. The number of rotatable bonds is 5. The minimum atomic E-state index is -0.796. The van der Waals surface area contributed by atoms with E-state index < -0.39 is 17.6 Å². The molecule has 1 N–H and O–H groups in total. The lowest BCUT2D eigenvalue weighted by atomic mass is 10.1. The smallest absolute Gasteiger partial charge is 0.356 e. The Balaban J connectivity index is 1.41. The zero-order valence-corrected chi connectivity index (χ0v) is 14.7. The Hall–Kier alpha value is -3.88. The van der Waals surface area contributed by atoms with E-state index >= 15 is 0 Å². The van der Waals surface area contributed by atoms with E-state index in [4.69, 9.17) is 9.26 Å². The number of esters is 1. The molecule has 0 aliphatic carbocycles. The molecule has 0 amide bonds. The second-order valence-electron chi connectivity index (χ2n) is 6.06. The summed E-state index contributed by atoms with van der Waals surface area (Å²) >= 11 is 0. The highest BCUT2D eigenvalue weighted by Gasteiger charge is 2.16. The van der Waals surface area contributed by atoms with Gasteiger partial charge in [0.15, 0.2) is 5.76 Å². The molecule has 0 bridgehead atoms. The minimum Gasteiger partial charge on any atom is -0.454 e. The van der Waals surface area contributed by atoms with Gasteiger partial charge in [0, 0.05) is 17.7 Å². The average Bonchev–Trinajstić information content (AvgIpc) is 3.37. The molecule has 6 nitrogen and oxygen atoms in total. The number of nitrogens with one attached hydrogen (secondary N) is 1. The Kier molecular flexibility index (Phi) is 4.86. The Labute approximate surface area is 161 Å². The molecule has 0 aliphatic heterocycles. The highest BCUT2D eigenvalue weighted by atomic mass is 19.1. The predicted molar refractivity (Wildman–Crippen MR) is 95.0 cm³/mol. The largest absolute Gasteiger partial charge is 0.454 e. The fourth-order valence-electron chi connectivity index (χ4n) is 2.61. The van der Waals surface area contributed by atoms with Crippen LogP contribution in [0.2, 0.25) is 0 Å². The molecule has 0 spiro atoms. The van der Waals surface area contributed by atoms with Crippen molar-refractivity contribution in [3.8, 4) is 22.6 Å². The standard InChI is InChI=1S/C20H12F3N3O3/c21-12-3-1-11(2-4-12)17-9-18(25-24-17)20(27)28-10-14-8-19(29-26-14)15-6-5-13(22)7-16(15)23/h1-9H,10H2,(H,24,25). The lowest BCUT2D eigenvalue weighted by Gasteiger charge is -1.99. The number of nitrogens with zero attached hydrogens (tertiary/aromatic N) is 2. The number of aromatic nitrogens is 3. The summed E-state index contributed by atoms with van der Waals surface area (Å²) in [6, 6.07) is 11.5. The second-order valence-corrected chi connectivity index (χ2v) is 6.06. The topological polar surface area (TPSA) is 81.0 Å². The Morgan fingerprint density at radius 3 is 2.52 bits per heavy atom. The van der Waals surface area contributed by atoms with Crippen molar-refractivity contribution in [2.75, 3.05) is 0 Å². The Morgan fingerprint density at radius 2 is 1.76 bits per heavy atom. The van der Waals surface area contributed by atoms with Crippen LogP contribution in [0.3, 0.4) is 0 Å². The summed E-state index contributed by atoms with van der Waals surface area (Å²) in [6.07, 6.45) is 0. The van der Waals surface area contributed by atoms with Gasteiger partial charge in [-0.05, 0) is 42.5 Å². The molecule has 0 aliphatic rings. The maximum absolute atomic E-state index is 13.8. The summed E-state index contributed by atoms with van der Waals surface area (Å²) in [5.74, 6) is -2.50. The molecular formula is C20H12F3N3O3. The van der Waals surface area contributed by atoms with Crippen LogP contribution in [0.5, 0.6) is 0 Å². The fourth-order valence-corrected chi connectivity index (χ4v) is 2.61. The molecule has 0 fully saturated rings. The van der Waals surface area contributed by atoms with E-state index in [9.17, 15) is 18.0 Å². The van der Waals surface area contributed by atoms with E-state index in [1.807, 2.05) is 0 Å². The third-order valence-electron chi connectivity index (χ3n) is 4.04. The van der Waals surface area contributed by atoms with Gasteiger partial charge < -0.3 is 9.26 Å². The molecule has 146 valence electrons. The zero-order chi connectivity index (χ0) is 20.4. The van der Waals surface area contributed by atoms with Gasteiger partial charge in [0.05, 0.1) is 11.3 Å². The summed E-state index contributed by atoms with van der Waals surface area (Å²) in [5, 5.41) is 10.3. The van der Waals surface area contributed by atoms with Crippen LogP contribution in [0, 0.1) is 17.5 Å². The summed E-state index contributed by atoms with van der Waals surface area (Å²) < 4.78 is 50.0. The van der Waals surface area contributed by atoms with Crippen molar-refractivity contribution in [2.45, 2.75) is 6.61 Å². The average molecular weight is 399 g/mol. The van der Waals surface area contributed by atoms with Gasteiger partial charge in [-0.2, -0.15) is 5.10 Å². The predicted octanol–water partition coefficient (Wildman–Crippen LogP) is 4.51. The number of carbonyl (C=O) groups is 1.